The average Bonchev–Trinajstić information content (AvgIpc) is 2.87. The maximum atomic E-state index is 12.9. The Morgan fingerprint density at radius 2 is 1.89 bits per heavy atom. The fourth-order valence-electron chi connectivity index (χ4n) is 2.93. The summed E-state index contributed by atoms with van der Waals surface area (Å²) in [5.41, 5.74) is 1.49. The molecule has 3 rings (SSSR count). The van der Waals surface area contributed by atoms with E-state index in [-0.39, 0.29) is 51.4 Å². The lowest BCUT2D eigenvalue weighted by atomic mass is 10.1. The molecule has 184 valence electrons. The molecule has 0 aliphatic carbocycles. The lowest BCUT2D eigenvalue weighted by Crippen LogP contribution is -2.32. The monoisotopic (exact) mass is 538 g/mol. The molecule has 35 heavy (non-hydrogen) atoms. The van der Waals surface area contributed by atoms with Crippen molar-refractivity contribution in [3.8, 4) is 11.5 Å². The molecule has 1 aromatic heterocycles. The first-order valence-electron chi connectivity index (χ1n) is 10.0. The molecule has 0 spiro atoms. The van der Waals surface area contributed by atoms with Crippen molar-refractivity contribution in [1.82, 2.24) is 15.3 Å². The number of halogens is 3. The molecule has 1 heterocycles. The number of hydrogen-bond acceptors (Lipinski definition) is 7. The van der Waals surface area contributed by atoms with Gasteiger partial charge in [0.15, 0.2) is 0 Å². The Hall–Kier alpha value is -3.47. The number of urea groups is 1. The van der Waals surface area contributed by atoms with E-state index >= 15 is 0 Å². The fourth-order valence-corrected chi connectivity index (χ4v) is 3.54. The van der Waals surface area contributed by atoms with Crippen LogP contribution in [-0.2, 0) is 11.3 Å². The molecule has 0 aliphatic rings. The highest BCUT2D eigenvalue weighted by Crippen LogP contribution is 2.43. The van der Waals surface area contributed by atoms with Crippen LogP contribution in [0.15, 0.2) is 42.7 Å². The van der Waals surface area contributed by atoms with E-state index in [1.165, 1.54) is 31.5 Å². The largest absolute Gasteiger partial charge is 0.506 e. The molecule has 4 N–H and O–H groups in total. The number of amides is 3. The topological polar surface area (TPSA) is 129 Å². The van der Waals surface area contributed by atoms with Crippen LogP contribution in [0.2, 0.25) is 10.0 Å². The van der Waals surface area contributed by atoms with Crippen LogP contribution in [0.25, 0.3) is 0 Å². The van der Waals surface area contributed by atoms with Gasteiger partial charge in [-0.25, -0.2) is 14.8 Å². The van der Waals surface area contributed by atoms with Crippen LogP contribution < -0.4 is 25.6 Å². The minimum Gasteiger partial charge on any atom is -0.506 e. The van der Waals surface area contributed by atoms with Gasteiger partial charge < -0.3 is 25.8 Å². The van der Waals surface area contributed by atoms with Crippen molar-refractivity contribution in [3.63, 3.8) is 0 Å². The fraction of sp³-hybridized carbons (Fsp3) is 0.182. The number of nitrogens with one attached hydrogen (secondary N) is 3. The molecular formula is C22H21Cl3N6O4. The number of phenolic OH excluding ortho intramolecular Hbond substituents is 1. The number of ether oxygens (including phenoxy) is 1. The molecule has 10 nitrogen and oxygen atoms in total. The van der Waals surface area contributed by atoms with Crippen LogP contribution in [0.1, 0.15) is 5.56 Å². The molecule has 0 fully saturated rings. The second kappa shape index (κ2) is 11.8. The van der Waals surface area contributed by atoms with Gasteiger partial charge in [-0.05, 0) is 11.6 Å². The predicted octanol–water partition coefficient (Wildman–Crippen LogP) is 4.76. The van der Waals surface area contributed by atoms with Crippen LogP contribution in [0.3, 0.4) is 0 Å². The quantitative estimate of drug-likeness (QED) is 0.304. The molecule has 0 atom stereocenters. The highest BCUT2D eigenvalue weighted by atomic mass is 35.5. The number of rotatable bonds is 8. The molecule has 0 radical (unpaired) electrons. The summed E-state index contributed by atoms with van der Waals surface area (Å²) < 4.78 is 5.09. The van der Waals surface area contributed by atoms with Crippen LogP contribution in [0, 0.1) is 0 Å². The first-order chi connectivity index (χ1) is 16.7. The van der Waals surface area contributed by atoms with Gasteiger partial charge >= 0.3 is 6.03 Å². The Kier molecular flexibility index (Phi) is 8.80. The number of hydrogen-bond donors (Lipinski definition) is 4. The van der Waals surface area contributed by atoms with E-state index in [4.69, 9.17) is 39.5 Å². The number of carbonyl (C=O) groups excluding carboxylic acids is 2. The SMILES string of the molecule is COc1cc(O)c(Cl)c(NC(=O)N(C)c2cc(Nc3ccccc3CNC(=O)CCl)ncn2)c1Cl. The molecule has 3 aromatic rings. The maximum Gasteiger partial charge on any atom is 0.327 e. The normalized spacial score (nSPS) is 10.4. The summed E-state index contributed by atoms with van der Waals surface area (Å²) in [6, 6.07) is 9.49. The molecular weight excluding hydrogens is 519 g/mol. The van der Waals surface area contributed by atoms with E-state index in [1.54, 1.807) is 6.07 Å². The van der Waals surface area contributed by atoms with Crippen LogP contribution in [0.4, 0.5) is 27.8 Å². The zero-order valence-electron chi connectivity index (χ0n) is 18.6. The summed E-state index contributed by atoms with van der Waals surface area (Å²) in [5, 5.41) is 18.3. The zero-order valence-corrected chi connectivity index (χ0v) is 20.9. The summed E-state index contributed by atoms with van der Waals surface area (Å²) >= 11 is 17.9. The lowest BCUT2D eigenvalue weighted by molar-refractivity contribution is -0.118. The van der Waals surface area contributed by atoms with Crippen molar-refractivity contribution in [2.45, 2.75) is 6.54 Å². The molecule has 0 bridgehead atoms. The van der Waals surface area contributed by atoms with Gasteiger partial charge in [0.05, 0.1) is 12.8 Å². The third kappa shape index (κ3) is 6.36. The Morgan fingerprint density at radius 1 is 1.14 bits per heavy atom. The molecule has 2 aromatic carbocycles. The Balaban J connectivity index is 1.78. The number of methoxy groups -OCH3 is 1. The standard InChI is InChI=1S/C22H21Cl3N6O4/c1-31(22(34)30-21-19(24)14(32)7-15(35-2)20(21)25)17-8-16(27-11-28-17)29-13-6-4-3-5-12(13)10-26-18(33)9-23/h3-8,11,32H,9-10H2,1-2H3,(H,26,33)(H,30,34)(H,27,28,29). The maximum absolute atomic E-state index is 12.9. The Labute approximate surface area is 216 Å². The van der Waals surface area contributed by atoms with Crippen molar-refractivity contribution in [2.24, 2.45) is 0 Å². The Bertz CT molecular complexity index is 1240. The number of para-hydroxylation sites is 1. The summed E-state index contributed by atoms with van der Waals surface area (Å²) in [6.07, 6.45) is 1.29. The van der Waals surface area contributed by atoms with Crippen LogP contribution in [0.5, 0.6) is 11.5 Å². The highest BCUT2D eigenvalue weighted by molar-refractivity contribution is 6.41. The van der Waals surface area contributed by atoms with Crippen molar-refractivity contribution < 1.29 is 19.4 Å². The van der Waals surface area contributed by atoms with Gasteiger partial charge in [0, 0.05) is 31.4 Å². The second-order valence-electron chi connectivity index (χ2n) is 7.04. The van der Waals surface area contributed by atoms with E-state index in [0.29, 0.717) is 11.5 Å². The molecule has 13 heteroatoms. The summed E-state index contributed by atoms with van der Waals surface area (Å²) in [7, 11) is 2.85. The number of nitrogens with zero attached hydrogens (tertiary/aromatic N) is 3. The minimum atomic E-state index is -0.629. The minimum absolute atomic E-state index is 0.0117. The number of carbonyl (C=O) groups is 2. The van der Waals surface area contributed by atoms with Gasteiger partial charge in [-0.3, -0.25) is 9.69 Å². The highest BCUT2D eigenvalue weighted by Gasteiger charge is 2.21. The summed E-state index contributed by atoms with van der Waals surface area (Å²) in [5.74, 6) is 0.0720. The predicted molar refractivity (Wildman–Crippen MR) is 136 cm³/mol. The van der Waals surface area contributed by atoms with Crippen molar-refractivity contribution >= 4 is 69.8 Å². The van der Waals surface area contributed by atoms with Crippen molar-refractivity contribution in [2.75, 3.05) is 35.6 Å². The number of phenols is 1. The van der Waals surface area contributed by atoms with Gasteiger partial charge in [0.25, 0.3) is 0 Å². The second-order valence-corrected chi connectivity index (χ2v) is 8.07. The molecule has 0 saturated carbocycles. The average molecular weight is 540 g/mol. The Morgan fingerprint density at radius 3 is 2.60 bits per heavy atom. The summed E-state index contributed by atoms with van der Waals surface area (Å²) in [6.45, 7) is 0.268. The number of alkyl halides is 1. The van der Waals surface area contributed by atoms with E-state index in [9.17, 15) is 14.7 Å². The zero-order chi connectivity index (χ0) is 25.5. The van der Waals surface area contributed by atoms with E-state index in [1.807, 2.05) is 24.3 Å². The third-order valence-electron chi connectivity index (χ3n) is 4.78. The number of aromatic hydroxyl groups is 1. The van der Waals surface area contributed by atoms with Gasteiger partial charge in [-0.2, -0.15) is 0 Å². The van der Waals surface area contributed by atoms with E-state index < -0.39 is 6.03 Å². The molecule has 0 aliphatic heterocycles. The van der Waals surface area contributed by atoms with Crippen molar-refractivity contribution in [3.05, 3.63) is 58.3 Å². The number of benzene rings is 2. The third-order valence-corrected chi connectivity index (χ3v) is 5.78. The molecule has 3 amide bonds. The van der Waals surface area contributed by atoms with Gasteiger partial charge in [0.2, 0.25) is 5.91 Å². The van der Waals surface area contributed by atoms with Crippen LogP contribution in [-0.4, -0.2) is 47.1 Å². The first-order valence-corrected chi connectivity index (χ1v) is 11.3. The van der Waals surface area contributed by atoms with Crippen molar-refractivity contribution in [1.29, 1.82) is 0 Å². The summed E-state index contributed by atoms with van der Waals surface area (Å²) in [4.78, 5) is 33.9. The first kappa shape index (κ1) is 26.1. The van der Waals surface area contributed by atoms with E-state index in [2.05, 4.69) is 25.9 Å². The van der Waals surface area contributed by atoms with Crippen LogP contribution >= 0.6 is 34.8 Å². The van der Waals surface area contributed by atoms with Gasteiger partial charge in [-0.15, -0.1) is 11.6 Å². The number of aromatic nitrogens is 2. The van der Waals surface area contributed by atoms with E-state index in [0.717, 1.165) is 5.56 Å². The number of anilines is 4. The molecule has 0 unspecified atom stereocenters. The lowest BCUT2D eigenvalue weighted by Gasteiger charge is -2.20. The smallest absolute Gasteiger partial charge is 0.327 e. The molecule has 0 saturated heterocycles. The van der Waals surface area contributed by atoms with Gasteiger partial charge in [0.1, 0.15) is 45.4 Å². The van der Waals surface area contributed by atoms with Gasteiger partial charge in [-0.1, -0.05) is 41.4 Å².